The third-order valence-corrected chi connectivity index (χ3v) is 11.8. The van der Waals surface area contributed by atoms with Crippen molar-refractivity contribution in [3.05, 3.63) is 64.7 Å². The van der Waals surface area contributed by atoms with Crippen LogP contribution in [0.2, 0.25) is 0 Å². The number of hydrogen-bond donors (Lipinski definition) is 2. The van der Waals surface area contributed by atoms with Crippen LogP contribution in [-0.2, 0) is 33.3 Å². The molecule has 2 aromatic rings. The minimum Gasteiger partial charge on any atom is -0.399 e. The molecule has 0 bridgehead atoms. The van der Waals surface area contributed by atoms with Crippen molar-refractivity contribution >= 4 is 17.5 Å². The van der Waals surface area contributed by atoms with Crippen LogP contribution in [0.3, 0.4) is 0 Å². The zero-order chi connectivity index (χ0) is 26.9. The molecule has 4 aliphatic rings. The lowest BCUT2D eigenvalue weighted by molar-refractivity contribution is -0.150. The second kappa shape index (κ2) is 8.69. The number of amides is 2. The fraction of sp³-hybridized carbons (Fsp3) is 0.588. The van der Waals surface area contributed by atoms with Gasteiger partial charge in [-0.05, 0) is 114 Å². The molecule has 201 valence electrons. The maximum Gasteiger partial charge on any atom is 0.232 e. The predicted octanol–water partition coefficient (Wildman–Crippen LogP) is 6.43. The number of nitrogen functional groups attached to an aromatic ring is 1. The van der Waals surface area contributed by atoms with Crippen molar-refractivity contribution in [2.45, 2.75) is 103 Å². The van der Waals surface area contributed by atoms with Crippen molar-refractivity contribution in [3.63, 3.8) is 0 Å². The molecule has 0 aromatic heterocycles. The summed E-state index contributed by atoms with van der Waals surface area (Å²) < 4.78 is 0. The molecule has 2 aromatic carbocycles. The van der Waals surface area contributed by atoms with Gasteiger partial charge in [0.1, 0.15) is 0 Å². The van der Waals surface area contributed by atoms with E-state index in [2.05, 4.69) is 63.3 Å². The SMILES string of the molecule is C[C@]1(C(=O)NC(=O)[C@@]2(C)CCC[C@]3(C)c4cc(N)ccc4CC[C@@H]23)CCC[C@]2(C)c3c[c]ccc3CC[C@@H]12. The Bertz CT molecular complexity index is 1300. The van der Waals surface area contributed by atoms with Crippen LogP contribution in [0, 0.1) is 28.7 Å². The van der Waals surface area contributed by atoms with E-state index in [1.807, 2.05) is 12.1 Å². The van der Waals surface area contributed by atoms with E-state index in [0.29, 0.717) is 0 Å². The van der Waals surface area contributed by atoms with E-state index in [-0.39, 0.29) is 34.5 Å². The third kappa shape index (κ3) is 3.54. The molecule has 2 fully saturated rings. The van der Waals surface area contributed by atoms with E-state index < -0.39 is 10.8 Å². The largest absolute Gasteiger partial charge is 0.399 e. The second-order valence-electron chi connectivity index (χ2n) is 13.8. The molecule has 4 heteroatoms. The Balaban J connectivity index is 1.28. The van der Waals surface area contributed by atoms with Gasteiger partial charge < -0.3 is 5.73 Å². The molecule has 4 nitrogen and oxygen atoms in total. The minimum absolute atomic E-state index is 0.0565. The molecule has 0 spiro atoms. The first-order valence-electron chi connectivity index (χ1n) is 14.8. The summed E-state index contributed by atoms with van der Waals surface area (Å²) in [6.07, 6.45) is 9.68. The first-order valence-corrected chi connectivity index (χ1v) is 14.8. The number of hydrogen-bond acceptors (Lipinski definition) is 3. The van der Waals surface area contributed by atoms with Crippen molar-refractivity contribution in [2.24, 2.45) is 22.7 Å². The highest BCUT2D eigenvalue weighted by atomic mass is 16.2. The number of carbonyl (C=O) groups excluding carboxylic acids is 2. The summed E-state index contributed by atoms with van der Waals surface area (Å²) in [5, 5.41) is 3.05. The van der Waals surface area contributed by atoms with Gasteiger partial charge in [0.2, 0.25) is 11.8 Å². The summed E-state index contributed by atoms with van der Waals surface area (Å²) >= 11 is 0. The lowest BCUT2D eigenvalue weighted by Crippen LogP contribution is -2.60. The molecule has 38 heavy (non-hydrogen) atoms. The van der Waals surface area contributed by atoms with Crippen LogP contribution in [0.5, 0.6) is 0 Å². The first-order chi connectivity index (χ1) is 18.0. The number of nitrogens with one attached hydrogen (secondary N) is 1. The van der Waals surface area contributed by atoms with Crippen molar-refractivity contribution in [3.8, 4) is 0 Å². The Morgan fingerprint density at radius 2 is 1.37 bits per heavy atom. The lowest BCUT2D eigenvalue weighted by atomic mass is 9.49. The average Bonchev–Trinajstić information content (AvgIpc) is 2.89. The van der Waals surface area contributed by atoms with Gasteiger partial charge in [0.05, 0.1) is 10.8 Å². The molecule has 6 atom stereocenters. The summed E-state index contributed by atoms with van der Waals surface area (Å²) in [5.74, 6) is 0.278. The molecule has 0 unspecified atom stereocenters. The summed E-state index contributed by atoms with van der Waals surface area (Å²) in [5.41, 5.74) is 11.1. The Labute approximate surface area is 228 Å². The van der Waals surface area contributed by atoms with Gasteiger partial charge in [-0.2, -0.15) is 0 Å². The minimum atomic E-state index is -0.576. The van der Waals surface area contributed by atoms with Gasteiger partial charge >= 0.3 is 0 Å². The molecular formula is C34H43N2O2. The molecule has 0 saturated heterocycles. The summed E-state index contributed by atoms with van der Waals surface area (Å²) in [6, 6.07) is 15.9. The number of nitrogens with two attached hydrogens (primary N) is 1. The van der Waals surface area contributed by atoms with Crippen molar-refractivity contribution in [1.29, 1.82) is 0 Å². The molecule has 2 amide bonds. The van der Waals surface area contributed by atoms with E-state index in [1.54, 1.807) is 0 Å². The molecule has 4 aliphatic carbocycles. The fourth-order valence-corrected chi connectivity index (χ4v) is 9.76. The first kappa shape index (κ1) is 25.6. The van der Waals surface area contributed by atoms with Gasteiger partial charge in [-0.25, -0.2) is 0 Å². The summed E-state index contributed by atoms with van der Waals surface area (Å²) in [7, 11) is 0. The van der Waals surface area contributed by atoms with Crippen LogP contribution < -0.4 is 11.1 Å². The summed E-state index contributed by atoms with van der Waals surface area (Å²) in [4.78, 5) is 28.3. The number of carbonyl (C=O) groups is 2. The van der Waals surface area contributed by atoms with Crippen molar-refractivity contribution in [1.82, 2.24) is 5.32 Å². The molecule has 0 heterocycles. The maximum atomic E-state index is 14.2. The topological polar surface area (TPSA) is 72.2 Å². The standard InChI is InChI=1S/C34H43N2O2/c1-31-17-7-19-33(3,27(31)15-12-22-9-5-6-10-25(22)31)29(37)36-30(38)34(4)20-8-18-32(2)26-21-24(35)14-11-23(26)13-16-28(32)34/h5,9-11,14,21,27-28H,7-8,12-13,15-20,35H2,1-4H3,(H,36,37,38)/t27-,28-,31-,32-,33+,34+/m1/s1. The number of imide groups is 1. The lowest BCUT2D eigenvalue weighted by Gasteiger charge is -2.56. The number of benzene rings is 2. The molecule has 3 N–H and O–H groups in total. The Kier molecular flexibility index (Phi) is 5.87. The summed E-state index contributed by atoms with van der Waals surface area (Å²) in [6.45, 7) is 8.92. The number of anilines is 1. The van der Waals surface area contributed by atoms with Crippen molar-refractivity contribution in [2.75, 3.05) is 5.73 Å². The van der Waals surface area contributed by atoms with Crippen LogP contribution in [0.1, 0.15) is 101 Å². The second-order valence-corrected chi connectivity index (χ2v) is 13.8. The van der Waals surface area contributed by atoms with Crippen LogP contribution in [0.15, 0.2) is 36.4 Å². The third-order valence-electron chi connectivity index (χ3n) is 11.8. The van der Waals surface area contributed by atoms with Crippen LogP contribution in [0.4, 0.5) is 5.69 Å². The molecule has 6 rings (SSSR count). The predicted molar refractivity (Wildman–Crippen MR) is 152 cm³/mol. The number of fused-ring (bicyclic) bond motifs is 6. The van der Waals surface area contributed by atoms with Gasteiger partial charge in [0.25, 0.3) is 0 Å². The van der Waals surface area contributed by atoms with Crippen molar-refractivity contribution < 1.29 is 9.59 Å². The van der Waals surface area contributed by atoms with Gasteiger partial charge in [0.15, 0.2) is 0 Å². The highest BCUT2D eigenvalue weighted by Crippen LogP contribution is 2.59. The molecule has 1 radical (unpaired) electrons. The van der Waals surface area contributed by atoms with Gasteiger partial charge in [-0.1, -0.05) is 64.8 Å². The zero-order valence-electron chi connectivity index (χ0n) is 23.6. The Morgan fingerprint density at radius 3 is 1.97 bits per heavy atom. The maximum absolute atomic E-state index is 14.2. The Morgan fingerprint density at radius 1 is 0.816 bits per heavy atom. The molecule has 0 aliphatic heterocycles. The van der Waals surface area contributed by atoms with E-state index in [9.17, 15) is 9.59 Å². The fourth-order valence-electron chi connectivity index (χ4n) is 9.76. The normalized spacial score (nSPS) is 37.7. The van der Waals surface area contributed by atoms with E-state index in [4.69, 9.17) is 5.73 Å². The number of aryl methyl sites for hydroxylation is 2. The Hall–Kier alpha value is -2.62. The smallest absolute Gasteiger partial charge is 0.232 e. The van der Waals surface area contributed by atoms with E-state index in [0.717, 1.165) is 69.9 Å². The molecular weight excluding hydrogens is 468 g/mol. The monoisotopic (exact) mass is 511 g/mol. The van der Waals surface area contributed by atoms with Crippen LogP contribution in [0.25, 0.3) is 0 Å². The van der Waals surface area contributed by atoms with E-state index >= 15 is 0 Å². The van der Waals surface area contributed by atoms with Gasteiger partial charge in [-0.15, -0.1) is 0 Å². The highest BCUT2D eigenvalue weighted by molar-refractivity contribution is 6.00. The number of rotatable bonds is 2. The van der Waals surface area contributed by atoms with Gasteiger partial charge in [-0.3, -0.25) is 14.9 Å². The highest BCUT2D eigenvalue weighted by Gasteiger charge is 2.58. The average molecular weight is 512 g/mol. The zero-order valence-corrected chi connectivity index (χ0v) is 23.6. The van der Waals surface area contributed by atoms with Crippen LogP contribution in [-0.4, -0.2) is 11.8 Å². The van der Waals surface area contributed by atoms with Gasteiger partial charge in [0, 0.05) is 5.69 Å². The van der Waals surface area contributed by atoms with E-state index in [1.165, 1.54) is 22.3 Å². The quantitative estimate of drug-likeness (QED) is 0.360. The molecule has 2 saturated carbocycles. The van der Waals surface area contributed by atoms with Crippen LogP contribution >= 0.6 is 0 Å².